The Bertz CT molecular complexity index is 769. The largest absolute Gasteiger partial charge is 0.459 e. The Balaban J connectivity index is 1.73. The van der Waals surface area contributed by atoms with Gasteiger partial charge in [-0.3, -0.25) is 9.59 Å². The van der Waals surface area contributed by atoms with Gasteiger partial charge in [0.15, 0.2) is 5.78 Å². The molecule has 29 heavy (non-hydrogen) atoms. The molecule has 0 amide bonds. The molecule has 0 aliphatic heterocycles. The number of fused-ring (bicyclic) bond motifs is 5. The number of carbonyl (C=O) groups excluding carboxylic acids is 3. The van der Waals surface area contributed by atoms with Crippen LogP contribution in [0.25, 0.3) is 0 Å². The van der Waals surface area contributed by atoms with Crippen molar-refractivity contribution in [1.29, 1.82) is 0 Å². The second-order valence-corrected chi connectivity index (χ2v) is 10.8. The number of ketones is 1. The van der Waals surface area contributed by atoms with Gasteiger partial charge >= 0.3 is 5.97 Å². The van der Waals surface area contributed by atoms with Gasteiger partial charge in [-0.15, -0.1) is 0 Å². The van der Waals surface area contributed by atoms with Gasteiger partial charge in [0.25, 0.3) is 0 Å². The smallest absolute Gasteiger partial charge is 0.306 e. The van der Waals surface area contributed by atoms with Crippen LogP contribution in [-0.2, 0) is 19.1 Å². The fourth-order valence-corrected chi connectivity index (χ4v) is 7.99. The predicted octanol–water partition coefficient (Wildman–Crippen LogP) is 4.90. The molecule has 0 radical (unpaired) electrons. The second-order valence-electron chi connectivity index (χ2n) is 10.8. The van der Waals surface area contributed by atoms with Crippen molar-refractivity contribution in [2.24, 2.45) is 40.4 Å². The molecule has 0 aromatic carbocycles. The van der Waals surface area contributed by atoms with Gasteiger partial charge in [-0.1, -0.05) is 33.3 Å². The summed E-state index contributed by atoms with van der Waals surface area (Å²) in [4.78, 5) is 37.2. The van der Waals surface area contributed by atoms with Crippen molar-refractivity contribution in [3.8, 4) is 0 Å². The number of allylic oxidation sites excluding steroid dienone is 1. The molecule has 0 heterocycles. The molecule has 4 rings (SSSR count). The summed E-state index contributed by atoms with van der Waals surface area (Å²) in [6.07, 6.45) is 8.84. The average Bonchev–Trinajstić information content (AvgIpc) is 2.93. The highest BCUT2D eigenvalue weighted by Gasteiger charge is 2.66. The van der Waals surface area contributed by atoms with Gasteiger partial charge in [-0.2, -0.15) is 0 Å². The van der Waals surface area contributed by atoms with E-state index < -0.39 is 11.0 Å². The summed E-state index contributed by atoms with van der Waals surface area (Å²) < 4.78 is 6.06. The molecule has 0 spiro atoms. The monoisotopic (exact) mass is 400 g/mol. The van der Waals surface area contributed by atoms with E-state index in [1.54, 1.807) is 0 Å². The van der Waals surface area contributed by atoms with Crippen LogP contribution in [-0.4, -0.2) is 23.6 Å². The predicted molar refractivity (Wildman–Crippen MR) is 111 cm³/mol. The maximum Gasteiger partial charge on any atom is 0.306 e. The van der Waals surface area contributed by atoms with Crippen LogP contribution in [0.5, 0.6) is 0 Å². The van der Waals surface area contributed by atoms with Crippen LogP contribution >= 0.6 is 0 Å². The highest BCUT2D eigenvalue weighted by atomic mass is 16.6. The minimum atomic E-state index is -0.489. The standard InChI is InChI=1S/C25H36O4/c1-6-22(28)29-24(5)10-8-19-18-11-15(2)21-13-17(27)12-16(3)25(21,14-26)20(18)7-9-23(19,24)4/h13-16,18-20H,6-12H2,1-5H3/t15-,16-,18-,19-,20-,23-,24+,25+/m0/s1. The first-order valence-corrected chi connectivity index (χ1v) is 11.6. The fourth-order valence-electron chi connectivity index (χ4n) is 7.99. The molecular formula is C25H36O4. The van der Waals surface area contributed by atoms with Crippen LogP contribution in [0.4, 0.5) is 0 Å². The summed E-state index contributed by atoms with van der Waals surface area (Å²) >= 11 is 0. The van der Waals surface area contributed by atoms with Gasteiger partial charge in [0.05, 0.1) is 5.41 Å². The summed E-state index contributed by atoms with van der Waals surface area (Å²) in [5.74, 6) is 1.59. The van der Waals surface area contributed by atoms with Crippen LogP contribution in [0.3, 0.4) is 0 Å². The quantitative estimate of drug-likeness (QED) is 0.499. The minimum absolute atomic E-state index is 0.0439. The molecule has 0 aromatic rings. The Morgan fingerprint density at radius 2 is 1.90 bits per heavy atom. The van der Waals surface area contributed by atoms with Crippen molar-refractivity contribution in [2.45, 2.75) is 85.2 Å². The van der Waals surface area contributed by atoms with Gasteiger partial charge in [0, 0.05) is 18.3 Å². The van der Waals surface area contributed by atoms with E-state index in [4.69, 9.17) is 4.74 Å². The molecule has 4 aliphatic carbocycles. The SMILES string of the molecule is CCC(=O)O[C@]1(C)CC[C@H]2[C@@H]3C[C@H](C)C4=CC(=O)C[C@H](C)[C@]4(C=O)[C@H]3CC[C@@]21C. The number of rotatable bonds is 3. The Morgan fingerprint density at radius 1 is 1.21 bits per heavy atom. The van der Waals surface area contributed by atoms with E-state index in [-0.39, 0.29) is 29.0 Å². The molecule has 4 nitrogen and oxygen atoms in total. The molecular weight excluding hydrogens is 364 g/mol. The molecule has 0 bridgehead atoms. The van der Waals surface area contributed by atoms with Crippen LogP contribution in [0.15, 0.2) is 11.6 Å². The molecule has 0 N–H and O–H groups in total. The fraction of sp³-hybridized carbons (Fsp3) is 0.800. The lowest BCUT2D eigenvalue weighted by Crippen LogP contribution is -2.59. The van der Waals surface area contributed by atoms with E-state index in [0.29, 0.717) is 30.6 Å². The molecule has 0 aromatic heterocycles. The molecule has 160 valence electrons. The maximum atomic E-state index is 12.7. The van der Waals surface area contributed by atoms with E-state index in [0.717, 1.165) is 37.7 Å². The van der Waals surface area contributed by atoms with Crippen LogP contribution < -0.4 is 0 Å². The third-order valence-electron chi connectivity index (χ3n) is 9.70. The molecule has 3 fully saturated rings. The number of esters is 1. The Hall–Kier alpha value is -1.45. The van der Waals surface area contributed by atoms with Gasteiger partial charge in [0.2, 0.25) is 0 Å². The zero-order valence-corrected chi connectivity index (χ0v) is 18.6. The summed E-state index contributed by atoms with van der Waals surface area (Å²) in [5.41, 5.74) is 0.144. The molecule has 0 saturated heterocycles. The minimum Gasteiger partial charge on any atom is -0.459 e. The van der Waals surface area contributed by atoms with E-state index >= 15 is 0 Å². The summed E-state index contributed by atoms with van der Waals surface area (Å²) in [6, 6.07) is 0. The maximum absolute atomic E-state index is 12.7. The Kier molecular flexibility index (Phi) is 4.87. The Labute approximate surface area is 174 Å². The van der Waals surface area contributed by atoms with Gasteiger partial charge in [-0.05, 0) is 74.7 Å². The molecule has 8 atom stereocenters. The zero-order chi connectivity index (χ0) is 21.2. The topological polar surface area (TPSA) is 60.4 Å². The molecule has 3 saturated carbocycles. The van der Waals surface area contributed by atoms with Gasteiger partial charge < -0.3 is 9.53 Å². The summed E-state index contributed by atoms with van der Waals surface area (Å²) in [7, 11) is 0. The van der Waals surface area contributed by atoms with Crippen molar-refractivity contribution in [3.63, 3.8) is 0 Å². The first-order valence-electron chi connectivity index (χ1n) is 11.6. The third-order valence-corrected chi connectivity index (χ3v) is 9.70. The number of carbonyl (C=O) groups is 3. The molecule has 4 aliphatic rings. The first kappa shape index (κ1) is 20.8. The number of aldehydes is 1. The van der Waals surface area contributed by atoms with Crippen LogP contribution in [0.1, 0.15) is 79.6 Å². The molecule has 0 unspecified atom stereocenters. The first-order chi connectivity index (χ1) is 13.6. The van der Waals surface area contributed by atoms with E-state index in [1.165, 1.54) is 6.29 Å². The number of hydrogen-bond acceptors (Lipinski definition) is 4. The summed E-state index contributed by atoms with van der Waals surface area (Å²) in [6.45, 7) is 10.6. The van der Waals surface area contributed by atoms with Crippen molar-refractivity contribution < 1.29 is 19.1 Å². The normalized spacial score (nSPS) is 48.8. The lowest BCUT2D eigenvalue weighted by molar-refractivity contribution is -0.181. The lowest BCUT2D eigenvalue weighted by atomic mass is 9.43. The Morgan fingerprint density at radius 3 is 2.55 bits per heavy atom. The highest BCUT2D eigenvalue weighted by molar-refractivity contribution is 5.94. The second kappa shape index (κ2) is 6.78. The molecule has 4 heteroatoms. The highest BCUT2D eigenvalue weighted by Crippen LogP contribution is 2.69. The lowest BCUT2D eigenvalue weighted by Gasteiger charge is -2.61. The van der Waals surface area contributed by atoms with Crippen molar-refractivity contribution in [1.82, 2.24) is 0 Å². The van der Waals surface area contributed by atoms with Crippen LogP contribution in [0, 0.1) is 40.4 Å². The van der Waals surface area contributed by atoms with Crippen LogP contribution in [0.2, 0.25) is 0 Å². The average molecular weight is 401 g/mol. The van der Waals surface area contributed by atoms with Crippen molar-refractivity contribution >= 4 is 18.0 Å². The zero-order valence-electron chi connectivity index (χ0n) is 18.6. The van der Waals surface area contributed by atoms with E-state index in [1.807, 2.05) is 13.0 Å². The third kappa shape index (κ3) is 2.66. The van der Waals surface area contributed by atoms with Crippen molar-refractivity contribution in [3.05, 3.63) is 11.6 Å². The van der Waals surface area contributed by atoms with Crippen molar-refractivity contribution in [2.75, 3.05) is 0 Å². The van der Waals surface area contributed by atoms with E-state index in [2.05, 4.69) is 27.7 Å². The summed E-state index contributed by atoms with van der Waals surface area (Å²) in [5, 5.41) is 0. The number of ether oxygens (including phenoxy) is 1. The number of hydrogen-bond donors (Lipinski definition) is 0. The van der Waals surface area contributed by atoms with Gasteiger partial charge in [0.1, 0.15) is 11.9 Å². The van der Waals surface area contributed by atoms with Gasteiger partial charge in [-0.25, -0.2) is 0 Å². The van der Waals surface area contributed by atoms with E-state index in [9.17, 15) is 14.4 Å².